The third-order valence-corrected chi connectivity index (χ3v) is 5.96. The van der Waals surface area contributed by atoms with Gasteiger partial charge >= 0.3 is 5.97 Å². The molecular formula is C18H19ClFNO3S. The van der Waals surface area contributed by atoms with Crippen LogP contribution in [0.4, 0.5) is 4.39 Å². The van der Waals surface area contributed by atoms with E-state index in [9.17, 15) is 14.0 Å². The Bertz CT molecular complexity index is 812. The molecule has 2 atom stereocenters. The summed E-state index contributed by atoms with van der Waals surface area (Å²) in [6, 6.07) is 4.14. The largest absolute Gasteiger partial charge is 0.451 e. The molecule has 1 aliphatic heterocycles. The zero-order valence-corrected chi connectivity index (χ0v) is 15.6. The monoisotopic (exact) mass is 383 g/mol. The first kappa shape index (κ1) is 18.1. The lowest BCUT2D eigenvalue weighted by atomic mass is 9.92. The first-order valence-corrected chi connectivity index (χ1v) is 9.37. The SMILES string of the molecule is C[C@H]1C[C@H](C)CN(C(=O)COC(=O)c2sc3cc(F)ccc3c2Cl)C1. The molecule has 0 saturated carbocycles. The van der Waals surface area contributed by atoms with Gasteiger partial charge in [0.2, 0.25) is 0 Å². The van der Waals surface area contributed by atoms with Gasteiger partial charge < -0.3 is 9.64 Å². The molecule has 25 heavy (non-hydrogen) atoms. The molecule has 2 heterocycles. The molecule has 1 fully saturated rings. The molecule has 2 aromatic rings. The summed E-state index contributed by atoms with van der Waals surface area (Å²) in [5.41, 5.74) is 0. The molecule has 134 valence electrons. The smallest absolute Gasteiger partial charge is 0.350 e. The maximum atomic E-state index is 13.3. The number of carbonyl (C=O) groups excluding carboxylic acids is 2. The standard InChI is InChI=1S/C18H19ClFNO3S/c1-10-5-11(2)8-21(7-10)15(22)9-24-18(23)17-16(19)13-4-3-12(20)6-14(13)25-17/h3-4,6,10-11H,5,7-9H2,1-2H3/t10-,11-/m0/s1. The van der Waals surface area contributed by atoms with Gasteiger partial charge in [-0.15, -0.1) is 11.3 Å². The predicted octanol–water partition coefficient (Wildman–Crippen LogP) is 4.36. The molecule has 0 radical (unpaired) electrons. The van der Waals surface area contributed by atoms with E-state index in [-0.39, 0.29) is 22.4 Å². The van der Waals surface area contributed by atoms with Crippen molar-refractivity contribution in [2.24, 2.45) is 11.8 Å². The van der Waals surface area contributed by atoms with Crippen molar-refractivity contribution in [1.29, 1.82) is 0 Å². The molecule has 1 aliphatic rings. The highest BCUT2D eigenvalue weighted by molar-refractivity contribution is 7.21. The lowest BCUT2D eigenvalue weighted by molar-refractivity contribution is -0.137. The van der Waals surface area contributed by atoms with Crippen molar-refractivity contribution < 1.29 is 18.7 Å². The van der Waals surface area contributed by atoms with Gasteiger partial charge in [-0.3, -0.25) is 4.79 Å². The molecule has 4 nitrogen and oxygen atoms in total. The van der Waals surface area contributed by atoms with E-state index < -0.39 is 11.8 Å². The third-order valence-electron chi connectivity index (χ3n) is 4.33. The van der Waals surface area contributed by atoms with Crippen LogP contribution in [0, 0.1) is 17.7 Å². The van der Waals surface area contributed by atoms with E-state index in [0.717, 1.165) is 17.8 Å². The zero-order valence-electron chi connectivity index (χ0n) is 14.1. The maximum Gasteiger partial charge on any atom is 0.350 e. The first-order chi connectivity index (χ1) is 11.8. The molecule has 1 aromatic carbocycles. The second-order valence-corrected chi connectivity index (χ2v) is 8.14. The van der Waals surface area contributed by atoms with Gasteiger partial charge in [-0.2, -0.15) is 0 Å². The molecule has 1 amide bonds. The van der Waals surface area contributed by atoms with E-state index in [2.05, 4.69) is 13.8 Å². The molecule has 3 rings (SSSR count). The number of halogens is 2. The molecule has 0 aliphatic carbocycles. The Morgan fingerprint density at radius 2 is 2.00 bits per heavy atom. The number of hydrogen-bond acceptors (Lipinski definition) is 4. The lowest BCUT2D eigenvalue weighted by Crippen LogP contribution is -2.44. The van der Waals surface area contributed by atoms with E-state index in [1.54, 1.807) is 4.90 Å². The summed E-state index contributed by atoms with van der Waals surface area (Å²) < 4.78 is 19.0. The highest BCUT2D eigenvalue weighted by atomic mass is 35.5. The van der Waals surface area contributed by atoms with Crippen LogP contribution in [0.5, 0.6) is 0 Å². The molecule has 1 aromatic heterocycles. The number of ether oxygens (including phenoxy) is 1. The number of likely N-dealkylation sites (tertiary alicyclic amines) is 1. The van der Waals surface area contributed by atoms with E-state index in [4.69, 9.17) is 16.3 Å². The second-order valence-electron chi connectivity index (χ2n) is 6.71. The summed E-state index contributed by atoms with van der Waals surface area (Å²) in [4.78, 5) is 26.5. The van der Waals surface area contributed by atoms with E-state index in [1.807, 2.05) is 0 Å². The second kappa shape index (κ2) is 7.30. The van der Waals surface area contributed by atoms with Gasteiger partial charge in [0.15, 0.2) is 6.61 Å². The fourth-order valence-corrected chi connectivity index (χ4v) is 4.75. The average molecular weight is 384 g/mol. The average Bonchev–Trinajstić information content (AvgIpc) is 2.87. The Balaban J connectivity index is 1.66. The van der Waals surface area contributed by atoms with Crippen LogP contribution < -0.4 is 0 Å². The topological polar surface area (TPSA) is 46.6 Å². The summed E-state index contributed by atoms with van der Waals surface area (Å²) >= 11 is 7.26. The van der Waals surface area contributed by atoms with Crippen molar-refractivity contribution in [2.75, 3.05) is 19.7 Å². The van der Waals surface area contributed by atoms with Crippen molar-refractivity contribution in [3.63, 3.8) is 0 Å². The fourth-order valence-electron chi connectivity index (χ4n) is 3.32. The number of thiophene rings is 1. The highest BCUT2D eigenvalue weighted by Crippen LogP contribution is 2.36. The van der Waals surface area contributed by atoms with Gasteiger partial charge in [-0.25, -0.2) is 9.18 Å². The Morgan fingerprint density at radius 3 is 2.68 bits per heavy atom. The summed E-state index contributed by atoms with van der Waals surface area (Å²) in [5, 5.41) is 0.836. The number of amides is 1. The van der Waals surface area contributed by atoms with Crippen molar-refractivity contribution in [3.05, 3.63) is 33.9 Å². The highest BCUT2D eigenvalue weighted by Gasteiger charge is 2.27. The Morgan fingerprint density at radius 1 is 1.32 bits per heavy atom. The Hall–Kier alpha value is -1.66. The van der Waals surface area contributed by atoms with Crippen LogP contribution >= 0.6 is 22.9 Å². The molecule has 1 saturated heterocycles. The minimum atomic E-state index is -0.655. The predicted molar refractivity (Wildman–Crippen MR) is 96.6 cm³/mol. The quantitative estimate of drug-likeness (QED) is 0.740. The van der Waals surface area contributed by atoms with Crippen molar-refractivity contribution in [2.45, 2.75) is 20.3 Å². The Kier molecular flexibility index (Phi) is 5.29. The molecule has 0 bridgehead atoms. The van der Waals surface area contributed by atoms with Crippen molar-refractivity contribution >= 4 is 44.9 Å². The van der Waals surface area contributed by atoms with Crippen LogP contribution in [0.3, 0.4) is 0 Å². The van der Waals surface area contributed by atoms with E-state index in [0.29, 0.717) is 35.0 Å². The molecule has 0 N–H and O–H groups in total. The first-order valence-electron chi connectivity index (χ1n) is 8.17. The van der Waals surface area contributed by atoms with Gasteiger partial charge in [-0.1, -0.05) is 25.4 Å². The number of rotatable bonds is 3. The van der Waals surface area contributed by atoms with Gasteiger partial charge in [0.05, 0.1) is 5.02 Å². The van der Waals surface area contributed by atoms with Crippen molar-refractivity contribution in [1.82, 2.24) is 4.90 Å². The number of fused-ring (bicyclic) bond motifs is 1. The number of hydrogen-bond donors (Lipinski definition) is 0. The third kappa shape index (κ3) is 3.96. The number of carbonyl (C=O) groups is 2. The Labute approximate surface area is 154 Å². The van der Waals surface area contributed by atoms with Crippen LogP contribution in [0.1, 0.15) is 29.9 Å². The molecular weight excluding hydrogens is 365 g/mol. The van der Waals surface area contributed by atoms with Crippen LogP contribution in [0.2, 0.25) is 5.02 Å². The van der Waals surface area contributed by atoms with E-state index in [1.165, 1.54) is 18.2 Å². The number of piperidine rings is 1. The summed E-state index contributed by atoms with van der Waals surface area (Å²) in [7, 11) is 0. The zero-order chi connectivity index (χ0) is 18.1. The molecule has 0 unspecified atom stereocenters. The van der Waals surface area contributed by atoms with E-state index >= 15 is 0 Å². The molecule has 0 spiro atoms. The minimum absolute atomic E-state index is 0.190. The summed E-state index contributed by atoms with van der Waals surface area (Å²) in [5.74, 6) is -0.368. The van der Waals surface area contributed by atoms with Gasteiger partial charge in [0, 0.05) is 23.2 Å². The van der Waals surface area contributed by atoms with Crippen LogP contribution in [0.25, 0.3) is 10.1 Å². The molecule has 7 heteroatoms. The van der Waals surface area contributed by atoms with Gasteiger partial charge in [0.1, 0.15) is 10.7 Å². The minimum Gasteiger partial charge on any atom is -0.451 e. The maximum absolute atomic E-state index is 13.3. The van der Waals surface area contributed by atoms with Crippen LogP contribution in [-0.4, -0.2) is 36.5 Å². The summed E-state index contributed by atoms with van der Waals surface area (Å²) in [6.07, 6.45) is 1.09. The van der Waals surface area contributed by atoms with Crippen molar-refractivity contribution in [3.8, 4) is 0 Å². The van der Waals surface area contributed by atoms with Gasteiger partial charge in [0.25, 0.3) is 5.91 Å². The fraction of sp³-hybridized carbons (Fsp3) is 0.444. The summed E-state index contributed by atoms with van der Waals surface area (Å²) in [6.45, 7) is 5.28. The normalized spacial score (nSPS) is 20.7. The van der Waals surface area contributed by atoms with Crippen LogP contribution in [0.15, 0.2) is 18.2 Å². The lowest BCUT2D eigenvalue weighted by Gasteiger charge is -2.34. The van der Waals surface area contributed by atoms with Gasteiger partial charge in [-0.05, 0) is 36.5 Å². The number of nitrogens with zero attached hydrogens (tertiary/aromatic N) is 1. The number of esters is 1. The number of benzene rings is 1. The van der Waals surface area contributed by atoms with Crippen LogP contribution in [-0.2, 0) is 9.53 Å².